The van der Waals surface area contributed by atoms with Crippen molar-refractivity contribution in [2.75, 3.05) is 6.54 Å². The summed E-state index contributed by atoms with van der Waals surface area (Å²) in [5.74, 6) is -1.31. The maximum Gasteiger partial charge on any atom is 0.305 e. The lowest BCUT2D eigenvalue weighted by Gasteiger charge is -2.01. The number of H-pyrrole nitrogens is 1. The van der Waals surface area contributed by atoms with Gasteiger partial charge in [-0.1, -0.05) is 0 Å². The summed E-state index contributed by atoms with van der Waals surface area (Å²) in [6.45, 7) is 0.0921. The van der Waals surface area contributed by atoms with Gasteiger partial charge in [0.05, 0.1) is 20.0 Å². The first-order valence-electron chi connectivity index (χ1n) is 4.16. The molecule has 0 atom stereocenters. The Hall–Kier alpha value is -0.340. The number of carboxylic acid groups (broad SMARTS) is 1. The highest BCUT2D eigenvalue weighted by atomic mass is 79.9. The van der Waals surface area contributed by atoms with E-state index in [9.17, 15) is 9.59 Å². The van der Waals surface area contributed by atoms with Crippen LogP contribution in [0.3, 0.4) is 0 Å². The summed E-state index contributed by atoms with van der Waals surface area (Å²) in [5, 5.41) is 10.9. The Morgan fingerprint density at radius 1 is 1.25 bits per heavy atom. The number of hydrogen-bond acceptors (Lipinski definition) is 2. The predicted octanol–water partition coefficient (Wildman–Crippen LogP) is 2.51. The van der Waals surface area contributed by atoms with Gasteiger partial charge in [-0.25, -0.2) is 0 Å². The normalized spacial score (nSPS) is 10.2. The molecule has 1 aromatic rings. The maximum atomic E-state index is 11.6. The van der Waals surface area contributed by atoms with Gasteiger partial charge in [-0.05, 0) is 47.8 Å². The topological polar surface area (TPSA) is 82.2 Å². The second kappa shape index (κ2) is 5.83. The second-order valence-electron chi connectivity index (χ2n) is 2.84. The number of halogens is 3. The number of aliphatic carboxylic acids is 1. The lowest BCUT2D eigenvalue weighted by molar-refractivity contribution is -0.136. The van der Waals surface area contributed by atoms with E-state index in [-0.39, 0.29) is 18.9 Å². The first-order valence-corrected chi connectivity index (χ1v) is 6.53. The summed E-state index contributed by atoms with van der Waals surface area (Å²) in [6, 6.07) is 0. The van der Waals surface area contributed by atoms with Crippen molar-refractivity contribution in [2.45, 2.75) is 6.42 Å². The zero-order valence-electron chi connectivity index (χ0n) is 7.81. The molecule has 1 heterocycles. The molecular formula is C8H7Br3N2O3. The van der Waals surface area contributed by atoms with Crippen LogP contribution in [0.2, 0.25) is 0 Å². The van der Waals surface area contributed by atoms with Crippen molar-refractivity contribution in [1.82, 2.24) is 10.3 Å². The third kappa shape index (κ3) is 3.33. The first-order chi connectivity index (χ1) is 7.43. The molecule has 0 unspecified atom stereocenters. The standard InChI is InChI=1S/C8H7Br3N2O3/c9-4-5(10)7(11)13-6(4)8(16)12-2-1-3(14)15/h13H,1-2H2,(H,12,16)(H,14,15). The van der Waals surface area contributed by atoms with E-state index in [1.165, 1.54) is 0 Å². The van der Waals surface area contributed by atoms with Gasteiger partial charge in [0, 0.05) is 6.54 Å². The van der Waals surface area contributed by atoms with Gasteiger partial charge in [-0.3, -0.25) is 9.59 Å². The summed E-state index contributed by atoms with van der Waals surface area (Å²) in [4.78, 5) is 24.7. The zero-order valence-corrected chi connectivity index (χ0v) is 12.6. The largest absolute Gasteiger partial charge is 0.481 e. The van der Waals surface area contributed by atoms with Crippen molar-refractivity contribution >= 4 is 59.7 Å². The monoisotopic (exact) mass is 416 g/mol. The molecule has 0 aromatic carbocycles. The first kappa shape index (κ1) is 13.7. The molecule has 0 spiro atoms. The molecule has 5 nitrogen and oxygen atoms in total. The zero-order chi connectivity index (χ0) is 12.3. The summed E-state index contributed by atoms with van der Waals surface area (Å²) in [5.41, 5.74) is 0.337. The van der Waals surface area contributed by atoms with E-state index >= 15 is 0 Å². The molecule has 0 aliphatic heterocycles. The Kier molecular flexibility index (Phi) is 5.00. The van der Waals surface area contributed by atoms with Gasteiger partial charge in [0.2, 0.25) is 0 Å². The van der Waals surface area contributed by atoms with Crippen LogP contribution < -0.4 is 5.32 Å². The van der Waals surface area contributed by atoms with Crippen LogP contribution in [0.4, 0.5) is 0 Å². The summed E-state index contributed by atoms with van der Waals surface area (Å²) < 4.78 is 1.94. The smallest absolute Gasteiger partial charge is 0.305 e. The van der Waals surface area contributed by atoms with Gasteiger partial charge in [0.1, 0.15) is 5.69 Å². The highest BCUT2D eigenvalue weighted by Gasteiger charge is 2.17. The van der Waals surface area contributed by atoms with Crippen LogP contribution in [0.15, 0.2) is 13.5 Å². The molecule has 0 bridgehead atoms. The minimum atomic E-state index is -0.951. The molecule has 0 saturated carbocycles. The van der Waals surface area contributed by atoms with Crippen molar-refractivity contribution in [3.63, 3.8) is 0 Å². The number of amides is 1. The van der Waals surface area contributed by atoms with Gasteiger partial charge in [0.25, 0.3) is 5.91 Å². The summed E-state index contributed by atoms with van der Waals surface area (Å²) >= 11 is 9.72. The number of nitrogens with one attached hydrogen (secondary N) is 2. The van der Waals surface area contributed by atoms with Crippen LogP contribution in [-0.2, 0) is 4.79 Å². The summed E-state index contributed by atoms with van der Waals surface area (Å²) in [6.07, 6.45) is -0.105. The highest BCUT2D eigenvalue weighted by Crippen LogP contribution is 2.33. The van der Waals surface area contributed by atoms with E-state index in [2.05, 4.69) is 58.1 Å². The molecule has 0 fully saturated rings. The Morgan fingerprint density at radius 3 is 2.31 bits per heavy atom. The molecule has 1 rings (SSSR count). The van der Waals surface area contributed by atoms with Crippen LogP contribution in [0.25, 0.3) is 0 Å². The Balaban J connectivity index is 2.66. The Bertz CT molecular complexity index is 430. The number of carbonyl (C=O) groups is 2. The molecular weight excluding hydrogens is 412 g/mol. The van der Waals surface area contributed by atoms with Gasteiger partial charge in [0.15, 0.2) is 0 Å². The van der Waals surface area contributed by atoms with Crippen molar-refractivity contribution in [3.05, 3.63) is 19.2 Å². The number of hydrogen-bond donors (Lipinski definition) is 3. The van der Waals surface area contributed by atoms with E-state index in [1.54, 1.807) is 0 Å². The summed E-state index contributed by atoms with van der Waals surface area (Å²) in [7, 11) is 0. The SMILES string of the molecule is O=C(O)CCNC(=O)c1[nH]c(Br)c(Br)c1Br. The third-order valence-electron chi connectivity index (χ3n) is 1.69. The van der Waals surface area contributed by atoms with E-state index in [0.29, 0.717) is 19.2 Å². The lowest BCUT2D eigenvalue weighted by Crippen LogP contribution is -2.26. The van der Waals surface area contributed by atoms with E-state index < -0.39 is 5.97 Å². The molecule has 88 valence electrons. The van der Waals surface area contributed by atoms with Gasteiger partial charge in [-0.15, -0.1) is 0 Å². The fourth-order valence-electron chi connectivity index (χ4n) is 0.953. The molecule has 1 amide bonds. The molecule has 8 heteroatoms. The van der Waals surface area contributed by atoms with Crippen LogP contribution >= 0.6 is 47.8 Å². The number of aromatic nitrogens is 1. The van der Waals surface area contributed by atoms with E-state index in [4.69, 9.17) is 5.11 Å². The average Bonchev–Trinajstić information content (AvgIpc) is 2.45. The lowest BCUT2D eigenvalue weighted by atomic mass is 10.4. The molecule has 3 N–H and O–H groups in total. The fraction of sp³-hybridized carbons (Fsp3) is 0.250. The molecule has 0 radical (unpaired) electrons. The predicted molar refractivity (Wildman–Crippen MR) is 68.5 cm³/mol. The van der Waals surface area contributed by atoms with Crippen LogP contribution in [0, 0.1) is 0 Å². The third-order valence-corrected chi connectivity index (χ3v) is 4.94. The molecule has 0 aliphatic rings. The van der Waals surface area contributed by atoms with Gasteiger partial charge in [-0.2, -0.15) is 0 Å². The minimum absolute atomic E-state index is 0.0921. The Morgan fingerprint density at radius 2 is 1.88 bits per heavy atom. The number of aromatic amines is 1. The maximum absolute atomic E-state index is 11.6. The quantitative estimate of drug-likeness (QED) is 0.702. The van der Waals surface area contributed by atoms with E-state index in [0.717, 1.165) is 0 Å². The average molecular weight is 419 g/mol. The molecule has 0 aliphatic carbocycles. The van der Waals surface area contributed by atoms with E-state index in [1.807, 2.05) is 0 Å². The fourth-order valence-corrected chi connectivity index (χ4v) is 2.39. The van der Waals surface area contributed by atoms with Crippen LogP contribution in [0.1, 0.15) is 16.9 Å². The number of carboxylic acids is 1. The number of carbonyl (C=O) groups excluding carboxylic acids is 1. The van der Waals surface area contributed by atoms with Crippen molar-refractivity contribution in [3.8, 4) is 0 Å². The molecule has 1 aromatic heterocycles. The molecule has 16 heavy (non-hydrogen) atoms. The van der Waals surface area contributed by atoms with Gasteiger partial charge >= 0.3 is 5.97 Å². The number of rotatable bonds is 4. The van der Waals surface area contributed by atoms with Crippen LogP contribution in [-0.4, -0.2) is 28.5 Å². The van der Waals surface area contributed by atoms with Crippen molar-refractivity contribution < 1.29 is 14.7 Å². The minimum Gasteiger partial charge on any atom is -0.481 e. The molecule has 0 saturated heterocycles. The second-order valence-corrected chi connectivity index (χ2v) is 5.22. The van der Waals surface area contributed by atoms with Crippen molar-refractivity contribution in [2.24, 2.45) is 0 Å². The Labute approximate surface area is 116 Å². The van der Waals surface area contributed by atoms with Crippen LogP contribution in [0.5, 0.6) is 0 Å². The van der Waals surface area contributed by atoms with Gasteiger partial charge < -0.3 is 15.4 Å². The van der Waals surface area contributed by atoms with Crippen molar-refractivity contribution in [1.29, 1.82) is 0 Å². The highest BCUT2D eigenvalue weighted by molar-refractivity contribution is 9.14.